The fraction of sp³-hybridized carbons (Fsp3) is 0.222. The van der Waals surface area contributed by atoms with Gasteiger partial charge in [0.05, 0.1) is 18.0 Å². The maximum absolute atomic E-state index is 5.25. The number of nitrogens with zero attached hydrogens (tertiary/aromatic N) is 1. The fourth-order valence-corrected chi connectivity index (χ4v) is 1.63. The zero-order valence-electron chi connectivity index (χ0n) is 5.95. The number of fused-ring (bicyclic) bond motifs is 1. The molecule has 0 fully saturated rings. The van der Waals surface area contributed by atoms with Crippen LogP contribution < -0.4 is 0 Å². The molecule has 0 radical (unpaired) electrons. The zero-order chi connectivity index (χ0) is 7.26. The van der Waals surface area contributed by atoms with Crippen molar-refractivity contribution in [2.75, 3.05) is 6.61 Å². The van der Waals surface area contributed by atoms with Crippen LogP contribution in [0.15, 0.2) is 40.6 Å². The Morgan fingerprint density at radius 3 is 3.55 bits per heavy atom. The molecule has 2 heteroatoms. The van der Waals surface area contributed by atoms with Gasteiger partial charge in [0, 0.05) is 11.1 Å². The number of dihydropyridines is 1. The Kier molecular flexibility index (Phi) is 0.799. The number of allylic oxidation sites excluding steroid dienone is 2. The van der Waals surface area contributed by atoms with Crippen LogP contribution in [-0.4, -0.2) is 18.4 Å². The molecule has 1 unspecified atom stereocenters. The van der Waals surface area contributed by atoms with Gasteiger partial charge in [0.15, 0.2) is 0 Å². The third kappa shape index (κ3) is 0.589. The monoisotopic (exact) mass is 145 g/mol. The van der Waals surface area contributed by atoms with E-state index in [2.05, 4.69) is 23.2 Å². The lowest BCUT2D eigenvalue weighted by atomic mass is 10.0. The van der Waals surface area contributed by atoms with Crippen molar-refractivity contribution >= 4 is 5.71 Å². The molecule has 0 saturated heterocycles. The summed E-state index contributed by atoms with van der Waals surface area (Å²) in [7, 11) is 0. The SMILES string of the molecule is C1=CC2C=C3COC=C1C3=N2. The summed E-state index contributed by atoms with van der Waals surface area (Å²) in [6, 6.07) is 0.291. The highest BCUT2D eigenvalue weighted by molar-refractivity contribution is 6.17. The summed E-state index contributed by atoms with van der Waals surface area (Å²) < 4.78 is 5.25. The van der Waals surface area contributed by atoms with E-state index in [0.29, 0.717) is 12.6 Å². The predicted molar refractivity (Wildman–Crippen MR) is 42.5 cm³/mol. The molecule has 3 rings (SSSR count). The Morgan fingerprint density at radius 1 is 1.55 bits per heavy atom. The molecule has 0 amide bonds. The minimum absolute atomic E-state index is 0.291. The minimum Gasteiger partial charge on any atom is -0.496 e. The molecule has 0 aromatic carbocycles. The Labute approximate surface area is 64.6 Å². The lowest BCUT2D eigenvalue weighted by Crippen LogP contribution is -2.13. The van der Waals surface area contributed by atoms with Gasteiger partial charge in [-0.1, -0.05) is 12.2 Å². The highest BCUT2D eigenvalue weighted by atomic mass is 16.5. The molecule has 2 nitrogen and oxygen atoms in total. The summed E-state index contributed by atoms with van der Waals surface area (Å²) in [6.45, 7) is 0.695. The van der Waals surface area contributed by atoms with Gasteiger partial charge in [-0.05, 0) is 6.08 Å². The molecule has 0 aliphatic carbocycles. The van der Waals surface area contributed by atoms with Crippen molar-refractivity contribution in [2.45, 2.75) is 6.04 Å². The molecule has 0 aromatic rings. The van der Waals surface area contributed by atoms with Crippen molar-refractivity contribution < 1.29 is 4.74 Å². The van der Waals surface area contributed by atoms with E-state index in [1.807, 2.05) is 0 Å². The lowest BCUT2D eigenvalue weighted by molar-refractivity contribution is 0.279. The third-order valence-electron chi connectivity index (χ3n) is 2.15. The molecule has 3 aliphatic heterocycles. The molecule has 2 bridgehead atoms. The van der Waals surface area contributed by atoms with E-state index in [1.165, 1.54) is 5.57 Å². The van der Waals surface area contributed by atoms with Crippen molar-refractivity contribution in [3.05, 3.63) is 35.6 Å². The predicted octanol–water partition coefficient (Wildman–Crippen LogP) is 1.22. The summed E-state index contributed by atoms with van der Waals surface area (Å²) in [5, 5.41) is 0. The zero-order valence-corrected chi connectivity index (χ0v) is 5.95. The largest absolute Gasteiger partial charge is 0.496 e. The number of rotatable bonds is 0. The molecule has 0 spiro atoms. The van der Waals surface area contributed by atoms with Crippen LogP contribution >= 0.6 is 0 Å². The second-order valence-corrected chi connectivity index (χ2v) is 2.90. The molecule has 11 heavy (non-hydrogen) atoms. The van der Waals surface area contributed by atoms with Crippen LogP contribution in [0.5, 0.6) is 0 Å². The van der Waals surface area contributed by atoms with Crippen molar-refractivity contribution in [3.63, 3.8) is 0 Å². The highest BCUT2D eigenvalue weighted by Gasteiger charge is 2.26. The van der Waals surface area contributed by atoms with Gasteiger partial charge >= 0.3 is 0 Å². The molecule has 0 saturated carbocycles. The maximum Gasteiger partial charge on any atom is 0.114 e. The average molecular weight is 145 g/mol. The maximum atomic E-state index is 5.25. The van der Waals surface area contributed by atoms with Gasteiger partial charge in [0.1, 0.15) is 6.61 Å². The highest BCUT2D eigenvalue weighted by Crippen LogP contribution is 2.27. The van der Waals surface area contributed by atoms with E-state index in [1.54, 1.807) is 6.26 Å². The van der Waals surface area contributed by atoms with E-state index in [9.17, 15) is 0 Å². The first-order valence-corrected chi connectivity index (χ1v) is 3.73. The first-order valence-electron chi connectivity index (χ1n) is 3.73. The van der Waals surface area contributed by atoms with Gasteiger partial charge in [-0.15, -0.1) is 0 Å². The Hall–Kier alpha value is -1.31. The number of hydrogen-bond acceptors (Lipinski definition) is 2. The topological polar surface area (TPSA) is 21.6 Å². The van der Waals surface area contributed by atoms with Crippen LogP contribution in [0.3, 0.4) is 0 Å². The molecule has 3 heterocycles. The Balaban J connectivity index is 2.26. The van der Waals surface area contributed by atoms with Gasteiger partial charge in [-0.25, -0.2) is 0 Å². The van der Waals surface area contributed by atoms with Crippen LogP contribution in [0.25, 0.3) is 0 Å². The van der Waals surface area contributed by atoms with E-state index in [-0.39, 0.29) is 0 Å². The minimum atomic E-state index is 0.291. The number of ether oxygens (including phenoxy) is 1. The summed E-state index contributed by atoms with van der Waals surface area (Å²) in [6.07, 6.45) is 8.12. The average Bonchev–Trinajstić information content (AvgIpc) is 2.42. The first kappa shape index (κ1) is 5.35. The van der Waals surface area contributed by atoms with E-state index >= 15 is 0 Å². The summed E-state index contributed by atoms with van der Waals surface area (Å²) >= 11 is 0. The molecule has 0 aromatic heterocycles. The second kappa shape index (κ2) is 1.64. The molecular weight excluding hydrogens is 138 g/mol. The molecule has 3 aliphatic rings. The Bertz CT molecular complexity index is 333. The van der Waals surface area contributed by atoms with Gasteiger partial charge in [0.2, 0.25) is 0 Å². The van der Waals surface area contributed by atoms with Crippen LogP contribution in [0, 0.1) is 0 Å². The van der Waals surface area contributed by atoms with Crippen LogP contribution in [0.2, 0.25) is 0 Å². The van der Waals surface area contributed by atoms with Crippen molar-refractivity contribution in [3.8, 4) is 0 Å². The quantitative estimate of drug-likeness (QED) is 0.502. The lowest BCUT2D eigenvalue weighted by Gasteiger charge is -2.14. The first-order chi connectivity index (χ1) is 5.43. The van der Waals surface area contributed by atoms with E-state index < -0.39 is 0 Å². The van der Waals surface area contributed by atoms with Gasteiger partial charge < -0.3 is 4.74 Å². The van der Waals surface area contributed by atoms with Crippen LogP contribution in [0.4, 0.5) is 0 Å². The summed E-state index contributed by atoms with van der Waals surface area (Å²) in [5.41, 5.74) is 3.51. The summed E-state index contributed by atoms with van der Waals surface area (Å²) in [5.74, 6) is 0. The van der Waals surface area contributed by atoms with Crippen LogP contribution in [0.1, 0.15) is 0 Å². The molecule has 54 valence electrons. The fourth-order valence-electron chi connectivity index (χ4n) is 1.63. The number of hydrogen-bond donors (Lipinski definition) is 0. The van der Waals surface area contributed by atoms with Crippen LogP contribution in [-0.2, 0) is 4.74 Å². The van der Waals surface area contributed by atoms with Gasteiger partial charge in [0.25, 0.3) is 0 Å². The van der Waals surface area contributed by atoms with Crippen molar-refractivity contribution in [1.29, 1.82) is 0 Å². The van der Waals surface area contributed by atoms with Gasteiger partial charge in [-0.3, -0.25) is 4.99 Å². The normalized spacial score (nSPS) is 30.5. The second-order valence-electron chi connectivity index (χ2n) is 2.90. The van der Waals surface area contributed by atoms with E-state index in [0.717, 1.165) is 11.3 Å². The molecular formula is C9H7NO. The van der Waals surface area contributed by atoms with E-state index in [4.69, 9.17) is 4.74 Å². The molecule has 0 N–H and O–H groups in total. The standard InChI is InChI=1S/C9H7NO/c1-2-8-3-7-5-11-4-6(1)9(7)10-8/h1-4,8H,5H2. The molecule has 1 atom stereocenters. The smallest absolute Gasteiger partial charge is 0.114 e. The third-order valence-corrected chi connectivity index (χ3v) is 2.15. The van der Waals surface area contributed by atoms with Crippen molar-refractivity contribution in [2.24, 2.45) is 4.99 Å². The van der Waals surface area contributed by atoms with Gasteiger partial charge in [-0.2, -0.15) is 0 Å². The Morgan fingerprint density at radius 2 is 2.55 bits per heavy atom. The number of aliphatic imine (C=N–C) groups is 1. The van der Waals surface area contributed by atoms with Crippen molar-refractivity contribution in [1.82, 2.24) is 0 Å². The summed E-state index contributed by atoms with van der Waals surface area (Å²) in [4.78, 5) is 4.47.